The first kappa shape index (κ1) is 10.9. The van der Waals surface area contributed by atoms with E-state index in [9.17, 15) is 0 Å². The second-order valence-electron chi connectivity index (χ2n) is 5.13. The number of likely N-dealkylation sites (N-methyl/N-ethyl adjacent to an activating group) is 1. The smallest absolute Gasteiger partial charge is 0.0605 e. The van der Waals surface area contributed by atoms with E-state index in [4.69, 9.17) is 0 Å². The highest BCUT2D eigenvalue weighted by Gasteiger charge is 2.22. The molecule has 1 N–H and O–H groups in total. The molecule has 17 heavy (non-hydrogen) atoms. The van der Waals surface area contributed by atoms with Crippen molar-refractivity contribution in [3.8, 4) is 0 Å². The van der Waals surface area contributed by atoms with Crippen molar-refractivity contribution in [2.45, 2.75) is 18.9 Å². The largest absolute Gasteiger partial charge is 0.371 e. The molecule has 0 unspecified atom stereocenters. The van der Waals surface area contributed by atoms with E-state index in [0.717, 1.165) is 32.2 Å². The third kappa shape index (κ3) is 2.39. The molecule has 0 radical (unpaired) electrons. The Kier molecular flexibility index (Phi) is 2.93. The van der Waals surface area contributed by atoms with Gasteiger partial charge < -0.3 is 15.1 Å². The molecule has 0 aromatic heterocycles. The zero-order valence-corrected chi connectivity index (χ0v) is 10.5. The minimum atomic E-state index is 0.817. The fourth-order valence-electron chi connectivity index (χ4n) is 2.49. The highest BCUT2D eigenvalue weighted by Crippen LogP contribution is 2.31. The first-order chi connectivity index (χ1) is 8.34. The minimum absolute atomic E-state index is 0.817. The van der Waals surface area contributed by atoms with E-state index in [2.05, 4.69) is 46.4 Å². The van der Waals surface area contributed by atoms with Crippen LogP contribution in [0, 0.1) is 0 Å². The Labute approximate surface area is 103 Å². The number of anilines is 2. The average Bonchev–Trinajstić information content (AvgIpc) is 3.17. The summed E-state index contributed by atoms with van der Waals surface area (Å²) in [6.45, 7) is 4.50. The molecule has 1 aliphatic carbocycles. The van der Waals surface area contributed by atoms with Gasteiger partial charge >= 0.3 is 0 Å². The van der Waals surface area contributed by atoms with Crippen LogP contribution in [0.1, 0.15) is 12.8 Å². The lowest BCUT2D eigenvalue weighted by molar-refractivity contribution is 0.644. The van der Waals surface area contributed by atoms with Crippen LogP contribution in [0.15, 0.2) is 24.3 Å². The molecule has 1 saturated carbocycles. The molecule has 3 nitrogen and oxygen atoms in total. The Bertz CT molecular complexity index is 387. The van der Waals surface area contributed by atoms with Gasteiger partial charge in [0.2, 0.25) is 0 Å². The molecule has 3 heteroatoms. The maximum absolute atomic E-state index is 3.59. The van der Waals surface area contributed by atoms with Crippen molar-refractivity contribution in [2.24, 2.45) is 0 Å². The zero-order chi connectivity index (χ0) is 11.7. The Morgan fingerprint density at radius 3 is 2.71 bits per heavy atom. The van der Waals surface area contributed by atoms with E-state index in [0.29, 0.717) is 0 Å². The highest BCUT2D eigenvalue weighted by molar-refractivity contribution is 5.73. The van der Waals surface area contributed by atoms with Crippen LogP contribution < -0.4 is 15.1 Å². The summed E-state index contributed by atoms with van der Waals surface area (Å²) in [5, 5.41) is 3.59. The summed E-state index contributed by atoms with van der Waals surface area (Å²) in [4.78, 5) is 4.85. The van der Waals surface area contributed by atoms with Crippen LogP contribution in [0.3, 0.4) is 0 Å². The van der Waals surface area contributed by atoms with Gasteiger partial charge in [-0.05, 0) is 25.0 Å². The van der Waals surface area contributed by atoms with Gasteiger partial charge in [-0.25, -0.2) is 0 Å². The third-order valence-corrected chi connectivity index (χ3v) is 3.73. The minimum Gasteiger partial charge on any atom is -0.371 e. The molecule has 1 aliphatic heterocycles. The lowest BCUT2D eigenvalue weighted by Gasteiger charge is -2.37. The van der Waals surface area contributed by atoms with Gasteiger partial charge in [0.1, 0.15) is 0 Å². The fraction of sp³-hybridized carbons (Fsp3) is 0.571. The standard InChI is InChI=1S/C14H21N3/c1-16-10-11-17(9-8-15-12-6-7-12)14-5-3-2-4-13(14)16/h2-5,12,15H,6-11H2,1H3. The predicted octanol–water partition coefficient (Wildman–Crippen LogP) is 1.69. The molecule has 1 aromatic rings. The van der Waals surface area contributed by atoms with Crippen LogP contribution in [-0.4, -0.2) is 39.3 Å². The monoisotopic (exact) mass is 231 g/mol. The van der Waals surface area contributed by atoms with Crippen molar-refractivity contribution in [1.29, 1.82) is 0 Å². The molecule has 0 amide bonds. The van der Waals surface area contributed by atoms with Gasteiger partial charge in [-0.1, -0.05) is 12.1 Å². The maximum Gasteiger partial charge on any atom is 0.0605 e. The number of hydrogen-bond donors (Lipinski definition) is 1. The van der Waals surface area contributed by atoms with Crippen LogP contribution in [0.2, 0.25) is 0 Å². The van der Waals surface area contributed by atoms with Gasteiger partial charge in [-0.3, -0.25) is 0 Å². The summed E-state index contributed by atoms with van der Waals surface area (Å²) in [6, 6.07) is 9.54. The first-order valence-corrected chi connectivity index (χ1v) is 6.63. The summed E-state index contributed by atoms with van der Waals surface area (Å²) in [7, 11) is 2.18. The molecular formula is C14H21N3. The van der Waals surface area contributed by atoms with Gasteiger partial charge in [0.25, 0.3) is 0 Å². The van der Waals surface area contributed by atoms with Crippen molar-refractivity contribution in [2.75, 3.05) is 43.0 Å². The van der Waals surface area contributed by atoms with E-state index < -0.39 is 0 Å². The van der Waals surface area contributed by atoms with E-state index in [1.807, 2.05) is 0 Å². The first-order valence-electron chi connectivity index (χ1n) is 6.63. The number of para-hydroxylation sites is 2. The quantitative estimate of drug-likeness (QED) is 0.851. The number of benzene rings is 1. The summed E-state index contributed by atoms with van der Waals surface area (Å²) in [5.74, 6) is 0. The van der Waals surface area contributed by atoms with Gasteiger partial charge in [-0.15, -0.1) is 0 Å². The Morgan fingerprint density at radius 2 is 1.94 bits per heavy atom. The third-order valence-electron chi connectivity index (χ3n) is 3.73. The molecule has 0 spiro atoms. The van der Waals surface area contributed by atoms with Crippen molar-refractivity contribution in [3.63, 3.8) is 0 Å². The van der Waals surface area contributed by atoms with Crippen molar-refractivity contribution in [1.82, 2.24) is 5.32 Å². The summed E-state index contributed by atoms with van der Waals surface area (Å²) >= 11 is 0. The number of rotatable bonds is 4. The molecule has 3 rings (SSSR count). The van der Waals surface area contributed by atoms with Crippen LogP contribution in [0.25, 0.3) is 0 Å². The molecule has 0 saturated heterocycles. The fourth-order valence-corrected chi connectivity index (χ4v) is 2.49. The Balaban J connectivity index is 1.66. The summed E-state index contributed by atoms with van der Waals surface area (Å²) < 4.78 is 0. The molecule has 92 valence electrons. The second kappa shape index (κ2) is 4.57. The lowest BCUT2D eigenvalue weighted by atomic mass is 10.2. The lowest BCUT2D eigenvalue weighted by Crippen LogP contribution is -2.42. The second-order valence-corrected chi connectivity index (χ2v) is 5.13. The van der Waals surface area contributed by atoms with E-state index in [1.165, 1.54) is 24.2 Å². The van der Waals surface area contributed by atoms with Gasteiger partial charge in [0.15, 0.2) is 0 Å². The number of nitrogens with one attached hydrogen (secondary N) is 1. The Hall–Kier alpha value is -1.22. The predicted molar refractivity (Wildman–Crippen MR) is 72.9 cm³/mol. The molecular weight excluding hydrogens is 210 g/mol. The van der Waals surface area contributed by atoms with Crippen molar-refractivity contribution in [3.05, 3.63) is 24.3 Å². The number of nitrogens with zero attached hydrogens (tertiary/aromatic N) is 2. The van der Waals surface area contributed by atoms with E-state index >= 15 is 0 Å². The summed E-state index contributed by atoms with van der Waals surface area (Å²) in [6.07, 6.45) is 2.75. The van der Waals surface area contributed by atoms with Crippen molar-refractivity contribution < 1.29 is 0 Å². The van der Waals surface area contributed by atoms with Crippen LogP contribution in [0.5, 0.6) is 0 Å². The van der Waals surface area contributed by atoms with Gasteiger partial charge in [-0.2, -0.15) is 0 Å². The number of hydrogen-bond acceptors (Lipinski definition) is 3. The average molecular weight is 231 g/mol. The van der Waals surface area contributed by atoms with Crippen LogP contribution in [0.4, 0.5) is 11.4 Å². The van der Waals surface area contributed by atoms with Gasteiger partial charge in [0.05, 0.1) is 11.4 Å². The molecule has 1 heterocycles. The molecule has 1 fully saturated rings. The molecule has 1 aromatic carbocycles. The zero-order valence-electron chi connectivity index (χ0n) is 10.5. The number of fused-ring (bicyclic) bond motifs is 1. The SMILES string of the molecule is CN1CCN(CCNC2CC2)c2ccccc21. The molecule has 0 bridgehead atoms. The van der Waals surface area contributed by atoms with E-state index in [-0.39, 0.29) is 0 Å². The highest BCUT2D eigenvalue weighted by atomic mass is 15.3. The maximum atomic E-state index is 3.59. The molecule has 0 atom stereocenters. The molecule has 2 aliphatic rings. The Morgan fingerprint density at radius 1 is 1.18 bits per heavy atom. The normalized spacial score (nSPS) is 19.4. The van der Waals surface area contributed by atoms with Crippen molar-refractivity contribution >= 4 is 11.4 Å². The van der Waals surface area contributed by atoms with Gasteiger partial charge in [0, 0.05) is 39.3 Å². The van der Waals surface area contributed by atoms with Crippen LogP contribution >= 0.6 is 0 Å². The van der Waals surface area contributed by atoms with E-state index in [1.54, 1.807) is 0 Å². The topological polar surface area (TPSA) is 18.5 Å². The summed E-state index contributed by atoms with van der Waals surface area (Å²) in [5.41, 5.74) is 2.75. The van der Waals surface area contributed by atoms with Crippen LogP contribution in [-0.2, 0) is 0 Å².